The quantitative estimate of drug-likeness (QED) is 0.320. The van der Waals surface area contributed by atoms with Crippen molar-refractivity contribution in [1.29, 1.82) is 0 Å². The van der Waals surface area contributed by atoms with E-state index in [0.717, 1.165) is 9.80 Å². The standard InChI is InChI=1S/C27H28Cl2N2O7/c1-12-9-14(10-13(2)21(12)34)20-15-6-7-16-19(23(36)31(22(16)35)8-4-5-18(32)33)17(15)11-26(28)24(37)30(3)25(38)27(20,26)29/h6,9-10,16-17,19-20,34H,4-5,7-8,11H2,1-3H3,(H,32,33). The number of hydrogen-bond donors (Lipinski definition) is 2. The van der Waals surface area contributed by atoms with Gasteiger partial charge in [0.05, 0.1) is 11.8 Å². The van der Waals surface area contributed by atoms with Crippen LogP contribution in [0.1, 0.15) is 48.3 Å². The fraction of sp³-hybridized carbons (Fsp3) is 0.519. The first-order chi connectivity index (χ1) is 17.8. The number of carbonyl (C=O) groups excluding carboxylic acids is 4. The molecule has 2 N–H and O–H groups in total. The average molecular weight is 563 g/mol. The number of carboxylic acids is 1. The molecule has 1 saturated carbocycles. The van der Waals surface area contributed by atoms with Gasteiger partial charge in [0.2, 0.25) is 11.8 Å². The number of hydrogen-bond acceptors (Lipinski definition) is 6. The Balaban J connectivity index is 1.64. The van der Waals surface area contributed by atoms with Crippen molar-refractivity contribution >= 4 is 52.8 Å². The third-order valence-corrected chi connectivity index (χ3v) is 10.1. The molecule has 3 fully saturated rings. The molecule has 0 radical (unpaired) electrons. The van der Waals surface area contributed by atoms with Gasteiger partial charge in [-0.3, -0.25) is 33.8 Å². The van der Waals surface area contributed by atoms with E-state index in [1.807, 2.05) is 6.08 Å². The van der Waals surface area contributed by atoms with Crippen LogP contribution in [0.15, 0.2) is 23.8 Å². The lowest BCUT2D eigenvalue weighted by molar-refractivity contribution is -0.142. The van der Waals surface area contributed by atoms with Crippen LogP contribution >= 0.6 is 23.2 Å². The second-order valence-corrected chi connectivity index (χ2v) is 12.1. The number of rotatable bonds is 5. The molecule has 5 rings (SSSR count). The Kier molecular flexibility index (Phi) is 6.19. The second-order valence-electron chi connectivity index (χ2n) is 10.8. The molecule has 0 aromatic heterocycles. The van der Waals surface area contributed by atoms with E-state index in [-0.39, 0.29) is 43.9 Å². The van der Waals surface area contributed by atoms with Gasteiger partial charge in [0, 0.05) is 25.9 Å². The zero-order chi connectivity index (χ0) is 27.9. The topological polar surface area (TPSA) is 132 Å². The van der Waals surface area contributed by atoms with E-state index in [9.17, 15) is 29.1 Å². The van der Waals surface area contributed by atoms with Crippen LogP contribution in [0.3, 0.4) is 0 Å². The Morgan fingerprint density at radius 3 is 2.29 bits per heavy atom. The summed E-state index contributed by atoms with van der Waals surface area (Å²) in [5.74, 6) is -6.01. The number of aryl methyl sites for hydroxylation is 2. The Morgan fingerprint density at radius 2 is 1.68 bits per heavy atom. The second kappa shape index (κ2) is 8.81. The molecule has 2 aliphatic heterocycles. The van der Waals surface area contributed by atoms with Crippen LogP contribution in [0, 0.1) is 31.6 Å². The van der Waals surface area contributed by atoms with E-state index in [4.69, 9.17) is 28.3 Å². The molecule has 6 unspecified atom stereocenters. The molecule has 9 nitrogen and oxygen atoms in total. The summed E-state index contributed by atoms with van der Waals surface area (Å²) in [4.78, 5) is 63.1. The lowest BCUT2D eigenvalue weighted by Gasteiger charge is -2.51. The van der Waals surface area contributed by atoms with Crippen molar-refractivity contribution in [3.05, 3.63) is 40.5 Å². The van der Waals surface area contributed by atoms with E-state index < -0.39 is 57.1 Å². The van der Waals surface area contributed by atoms with Gasteiger partial charge in [-0.1, -0.05) is 23.8 Å². The maximum absolute atomic E-state index is 13.6. The van der Waals surface area contributed by atoms with E-state index in [1.165, 1.54) is 7.05 Å². The molecular weight excluding hydrogens is 535 g/mol. The van der Waals surface area contributed by atoms with Crippen LogP contribution in [0.2, 0.25) is 0 Å². The van der Waals surface area contributed by atoms with Crippen molar-refractivity contribution < 1.29 is 34.2 Å². The summed E-state index contributed by atoms with van der Waals surface area (Å²) in [6.07, 6.45) is 1.94. The molecule has 1 aromatic rings. The predicted octanol–water partition coefficient (Wildman–Crippen LogP) is 2.86. The monoisotopic (exact) mass is 562 g/mol. The molecule has 0 bridgehead atoms. The molecule has 4 aliphatic rings. The zero-order valence-electron chi connectivity index (χ0n) is 21.2. The normalized spacial score (nSPS) is 34.3. The number of aliphatic carboxylic acids is 1. The SMILES string of the molecule is Cc1cc(C2C3=CCC4C(=O)N(CCCC(=O)O)C(=O)C4C3CC3(Cl)C(=O)N(C)C(=O)C23Cl)cc(C)c1O. The molecule has 1 aromatic carbocycles. The maximum Gasteiger partial charge on any atom is 0.303 e. The van der Waals surface area contributed by atoms with Gasteiger partial charge in [-0.15, -0.1) is 23.2 Å². The van der Waals surface area contributed by atoms with Crippen LogP contribution < -0.4 is 0 Å². The number of carboxylic acid groups (broad SMARTS) is 1. The van der Waals surface area contributed by atoms with Crippen LogP contribution in [0.25, 0.3) is 0 Å². The van der Waals surface area contributed by atoms with Gasteiger partial charge in [0.15, 0.2) is 9.75 Å². The minimum Gasteiger partial charge on any atom is -0.507 e. The maximum atomic E-state index is 13.6. The number of fused-ring (bicyclic) bond motifs is 4. The molecule has 11 heteroatoms. The average Bonchev–Trinajstić information content (AvgIpc) is 3.17. The number of phenols is 1. The number of likely N-dealkylation sites (tertiary alicyclic amines) is 2. The molecule has 4 amide bonds. The first-order valence-electron chi connectivity index (χ1n) is 12.5. The molecule has 2 aliphatic carbocycles. The van der Waals surface area contributed by atoms with Gasteiger partial charge in [-0.05, 0) is 55.7 Å². The lowest BCUT2D eigenvalue weighted by atomic mass is 9.56. The number of benzene rings is 1. The summed E-state index contributed by atoms with van der Waals surface area (Å²) < 4.78 is 0. The predicted molar refractivity (Wildman–Crippen MR) is 137 cm³/mol. The fourth-order valence-electron chi connectivity index (χ4n) is 6.95. The van der Waals surface area contributed by atoms with Gasteiger partial charge < -0.3 is 10.2 Å². The van der Waals surface area contributed by atoms with Gasteiger partial charge in [-0.25, -0.2) is 0 Å². The van der Waals surface area contributed by atoms with Crippen molar-refractivity contribution in [3.8, 4) is 5.75 Å². The summed E-state index contributed by atoms with van der Waals surface area (Å²) in [7, 11) is 1.33. The molecule has 38 heavy (non-hydrogen) atoms. The highest BCUT2D eigenvalue weighted by atomic mass is 35.5. The van der Waals surface area contributed by atoms with Gasteiger partial charge in [0.1, 0.15) is 5.75 Å². The van der Waals surface area contributed by atoms with Gasteiger partial charge in [-0.2, -0.15) is 0 Å². The van der Waals surface area contributed by atoms with Crippen molar-refractivity contribution in [2.24, 2.45) is 17.8 Å². The molecule has 2 heterocycles. The summed E-state index contributed by atoms with van der Waals surface area (Å²) >= 11 is 14.3. The third kappa shape index (κ3) is 3.40. The Morgan fingerprint density at radius 1 is 1.05 bits per heavy atom. The van der Waals surface area contributed by atoms with Crippen molar-refractivity contribution in [2.75, 3.05) is 13.6 Å². The number of phenolic OH excluding ortho intramolecular Hbond substituents is 1. The number of allylic oxidation sites excluding steroid dienone is 2. The van der Waals surface area contributed by atoms with E-state index in [1.54, 1.807) is 26.0 Å². The highest BCUT2D eigenvalue weighted by Crippen LogP contribution is 2.65. The molecule has 202 valence electrons. The third-order valence-electron chi connectivity index (χ3n) is 8.72. The Labute approximate surface area is 229 Å². The highest BCUT2D eigenvalue weighted by Gasteiger charge is 2.75. The number of amides is 4. The molecule has 6 atom stereocenters. The first kappa shape index (κ1) is 26.7. The fourth-order valence-corrected chi connectivity index (χ4v) is 7.97. The molecule has 0 spiro atoms. The summed E-state index contributed by atoms with van der Waals surface area (Å²) in [5, 5.41) is 19.4. The number of alkyl halides is 2. The highest BCUT2D eigenvalue weighted by molar-refractivity contribution is 6.53. The Bertz CT molecular complexity index is 1320. The minimum atomic E-state index is -1.88. The van der Waals surface area contributed by atoms with E-state index >= 15 is 0 Å². The van der Waals surface area contributed by atoms with E-state index in [0.29, 0.717) is 22.3 Å². The van der Waals surface area contributed by atoms with Crippen LogP contribution in [0.4, 0.5) is 0 Å². The van der Waals surface area contributed by atoms with Crippen molar-refractivity contribution in [3.63, 3.8) is 0 Å². The van der Waals surface area contributed by atoms with Crippen molar-refractivity contribution in [1.82, 2.24) is 9.80 Å². The number of halogens is 2. The van der Waals surface area contributed by atoms with Crippen LogP contribution in [-0.4, -0.2) is 73.0 Å². The van der Waals surface area contributed by atoms with Crippen LogP contribution in [-0.2, 0) is 24.0 Å². The lowest BCUT2D eigenvalue weighted by Crippen LogP contribution is -2.60. The molecule has 2 saturated heterocycles. The smallest absolute Gasteiger partial charge is 0.303 e. The number of imide groups is 2. The number of nitrogens with zero attached hydrogens (tertiary/aromatic N) is 2. The Hall–Kier alpha value is -2.91. The molecular formula is C27H28Cl2N2O7. The summed E-state index contributed by atoms with van der Waals surface area (Å²) in [6, 6.07) is 3.42. The number of aromatic hydroxyl groups is 1. The first-order valence-corrected chi connectivity index (χ1v) is 13.3. The van der Waals surface area contributed by atoms with Gasteiger partial charge in [0.25, 0.3) is 11.8 Å². The largest absolute Gasteiger partial charge is 0.507 e. The van der Waals surface area contributed by atoms with Crippen molar-refractivity contribution in [2.45, 2.75) is 55.2 Å². The van der Waals surface area contributed by atoms with Crippen LogP contribution in [0.5, 0.6) is 5.75 Å². The summed E-state index contributed by atoms with van der Waals surface area (Å²) in [5.41, 5.74) is 2.36. The van der Waals surface area contributed by atoms with Gasteiger partial charge >= 0.3 is 5.97 Å². The van der Waals surface area contributed by atoms with E-state index in [2.05, 4.69) is 0 Å². The summed E-state index contributed by atoms with van der Waals surface area (Å²) in [6.45, 7) is 3.42. The number of carbonyl (C=O) groups is 5. The zero-order valence-corrected chi connectivity index (χ0v) is 22.7. The minimum absolute atomic E-state index is 0.00951.